The van der Waals surface area contributed by atoms with Crippen LogP contribution >= 0.6 is 0 Å². The fourth-order valence-corrected chi connectivity index (χ4v) is 3.57. The highest BCUT2D eigenvalue weighted by molar-refractivity contribution is 5.71. The van der Waals surface area contributed by atoms with Gasteiger partial charge in [-0.15, -0.1) is 0 Å². The molecule has 2 saturated heterocycles. The van der Waals surface area contributed by atoms with Crippen LogP contribution in [-0.2, 0) is 11.2 Å². The number of aliphatic carboxylic acids is 1. The van der Waals surface area contributed by atoms with E-state index in [4.69, 9.17) is 9.84 Å². The SMILES string of the molecule is CN1C2CCC1CC(Oc1ccccc1CC(=O)O)C2. The van der Waals surface area contributed by atoms with Crippen molar-refractivity contribution in [1.29, 1.82) is 0 Å². The van der Waals surface area contributed by atoms with E-state index < -0.39 is 5.97 Å². The smallest absolute Gasteiger partial charge is 0.307 e. The number of para-hydroxylation sites is 1. The predicted molar refractivity (Wildman–Crippen MR) is 76.0 cm³/mol. The number of rotatable bonds is 4. The van der Waals surface area contributed by atoms with Gasteiger partial charge >= 0.3 is 5.97 Å². The minimum atomic E-state index is -0.815. The number of hydrogen-bond donors (Lipinski definition) is 1. The third-order valence-electron chi connectivity index (χ3n) is 4.66. The first-order chi connectivity index (χ1) is 9.63. The fourth-order valence-electron chi connectivity index (χ4n) is 3.57. The van der Waals surface area contributed by atoms with Gasteiger partial charge in [0.25, 0.3) is 0 Å². The lowest BCUT2D eigenvalue weighted by atomic mass is 10.0. The molecular weight excluding hydrogens is 254 g/mol. The van der Waals surface area contributed by atoms with Gasteiger partial charge in [-0.1, -0.05) is 18.2 Å². The van der Waals surface area contributed by atoms with Gasteiger partial charge in [0.05, 0.1) is 6.42 Å². The topological polar surface area (TPSA) is 49.8 Å². The first-order valence-electron chi connectivity index (χ1n) is 7.32. The van der Waals surface area contributed by atoms with Crippen LogP contribution in [0.25, 0.3) is 0 Å². The molecule has 1 aromatic rings. The van der Waals surface area contributed by atoms with Gasteiger partial charge in [0.15, 0.2) is 0 Å². The average molecular weight is 275 g/mol. The number of piperidine rings is 1. The third kappa shape index (κ3) is 2.66. The van der Waals surface area contributed by atoms with Crippen LogP contribution in [0.15, 0.2) is 24.3 Å². The van der Waals surface area contributed by atoms with Gasteiger partial charge in [0.1, 0.15) is 11.9 Å². The Kier molecular flexibility index (Phi) is 3.66. The summed E-state index contributed by atoms with van der Waals surface area (Å²) >= 11 is 0. The van der Waals surface area contributed by atoms with E-state index in [1.54, 1.807) is 0 Å². The highest BCUT2D eigenvalue weighted by Crippen LogP contribution is 2.36. The number of fused-ring (bicyclic) bond motifs is 2. The normalized spacial score (nSPS) is 29.4. The van der Waals surface area contributed by atoms with Crippen molar-refractivity contribution in [2.24, 2.45) is 0 Å². The minimum Gasteiger partial charge on any atom is -0.490 e. The highest BCUT2D eigenvalue weighted by atomic mass is 16.5. The Bertz CT molecular complexity index is 488. The predicted octanol–water partition coefficient (Wildman–Crippen LogP) is 2.32. The Labute approximate surface area is 119 Å². The van der Waals surface area contributed by atoms with Crippen LogP contribution in [0.4, 0.5) is 0 Å². The highest BCUT2D eigenvalue weighted by Gasteiger charge is 2.39. The van der Waals surface area contributed by atoms with E-state index in [9.17, 15) is 4.79 Å². The van der Waals surface area contributed by atoms with E-state index in [2.05, 4.69) is 11.9 Å². The standard InChI is InChI=1S/C16H21NO3/c1-17-12-6-7-13(17)10-14(9-12)20-15-5-3-2-4-11(15)8-16(18)19/h2-5,12-14H,6-10H2,1H3,(H,18,19). The number of benzene rings is 1. The van der Waals surface area contributed by atoms with Crippen molar-refractivity contribution in [3.63, 3.8) is 0 Å². The van der Waals surface area contributed by atoms with Gasteiger partial charge < -0.3 is 14.7 Å². The third-order valence-corrected chi connectivity index (χ3v) is 4.66. The lowest BCUT2D eigenvalue weighted by Gasteiger charge is -2.36. The van der Waals surface area contributed by atoms with Crippen molar-refractivity contribution in [2.45, 2.75) is 50.3 Å². The fraction of sp³-hybridized carbons (Fsp3) is 0.562. The molecule has 108 valence electrons. The van der Waals surface area contributed by atoms with E-state index in [0.717, 1.165) is 24.2 Å². The lowest BCUT2D eigenvalue weighted by Crippen LogP contribution is -2.43. The summed E-state index contributed by atoms with van der Waals surface area (Å²) in [5, 5.41) is 8.96. The maximum atomic E-state index is 10.9. The van der Waals surface area contributed by atoms with Crippen LogP contribution in [0.2, 0.25) is 0 Å². The molecule has 2 fully saturated rings. The maximum absolute atomic E-state index is 10.9. The molecule has 0 aromatic heterocycles. The number of carboxylic acid groups (broad SMARTS) is 1. The van der Waals surface area contributed by atoms with E-state index >= 15 is 0 Å². The number of hydrogen-bond acceptors (Lipinski definition) is 3. The minimum absolute atomic E-state index is 0.0235. The van der Waals surface area contributed by atoms with E-state index in [1.807, 2.05) is 24.3 Å². The van der Waals surface area contributed by atoms with Crippen molar-refractivity contribution < 1.29 is 14.6 Å². The van der Waals surface area contributed by atoms with Crippen molar-refractivity contribution in [1.82, 2.24) is 4.90 Å². The Morgan fingerprint density at radius 3 is 2.60 bits per heavy atom. The van der Waals surface area contributed by atoms with E-state index in [1.165, 1.54) is 12.8 Å². The van der Waals surface area contributed by atoms with Crippen LogP contribution in [0, 0.1) is 0 Å². The van der Waals surface area contributed by atoms with Gasteiger partial charge in [-0.2, -0.15) is 0 Å². The van der Waals surface area contributed by atoms with Crippen LogP contribution in [0.3, 0.4) is 0 Å². The summed E-state index contributed by atoms with van der Waals surface area (Å²) in [6, 6.07) is 8.76. The van der Waals surface area contributed by atoms with Crippen molar-refractivity contribution in [3.05, 3.63) is 29.8 Å². The summed E-state index contributed by atoms with van der Waals surface area (Å²) in [4.78, 5) is 13.4. The zero-order valence-electron chi connectivity index (χ0n) is 11.8. The van der Waals surface area contributed by atoms with Crippen molar-refractivity contribution in [3.8, 4) is 5.75 Å². The molecule has 0 aliphatic carbocycles. The molecule has 4 heteroatoms. The molecule has 0 radical (unpaired) electrons. The Morgan fingerprint density at radius 2 is 1.95 bits per heavy atom. The van der Waals surface area contributed by atoms with Crippen LogP contribution in [0.5, 0.6) is 5.75 Å². The molecule has 1 aromatic carbocycles. The summed E-state index contributed by atoms with van der Waals surface area (Å²) in [5.74, 6) is -0.0756. The second-order valence-corrected chi connectivity index (χ2v) is 5.94. The summed E-state index contributed by atoms with van der Waals surface area (Å²) in [6.07, 6.45) is 4.87. The molecule has 2 heterocycles. The molecule has 4 nitrogen and oxygen atoms in total. The largest absolute Gasteiger partial charge is 0.490 e. The number of carboxylic acids is 1. The number of carbonyl (C=O) groups is 1. The Balaban J connectivity index is 1.71. The molecule has 1 N–H and O–H groups in total. The van der Waals surface area contributed by atoms with Crippen LogP contribution in [0.1, 0.15) is 31.2 Å². The molecular formula is C16H21NO3. The van der Waals surface area contributed by atoms with Gasteiger partial charge in [-0.3, -0.25) is 4.79 Å². The zero-order valence-corrected chi connectivity index (χ0v) is 11.8. The number of ether oxygens (including phenoxy) is 1. The Hall–Kier alpha value is -1.55. The molecule has 2 atom stereocenters. The molecule has 2 aliphatic heterocycles. The lowest BCUT2D eigenvalue weighted by molar-refractivity contribution is -0.136. The van der Waals surface area contributed by atoms with Gasteiger partial charge in [-0.25, -0.2) is 0 Å². The summed E-state index contributed by atoms with van der Waals surface area (Å²) < 4.78 is 6.13. The quantitative estimate of drug-likeness (QED) is 0.916. The molecule has 20 heavy (non-hydrogen) atoms. The van der Waals surface area contributed by atoms with E-state index in [0.29, 0.717) is 12.1 Å². The van der Waals surface area contributed by atoms with E-state index in [-0.39, 0.29) is 12.5 Å². The van der Waals surface area contributed by atoms with Crippen LogP contribution in [-0.4, -0.2) is 41.2 Å². The molecule has 3 rings (SSSR count). The Morgan fingerprint density at radius 1 is 1.30 bits per heavy atom. The number of nitrogens with zero attached hydrogens (tertiary/aromatic N) is 1. The molecule has 2 aliphatic rings. The van der Waals surface area contributed by atoms with Gasteiger partial charge in [0, 0.05) is 17.6 Å². The second-order valence-electron chi connectivity index (χ2n) is 5.94. The van der Waals surface area contributed by atoms with Crippen LogP contribution < -0.4 is 4.74 Å². The second kappa shape index (κ2) is 5.44. The zero-order chi connectivity index (χ0) is 14.1. The molecule has 2 unspecified atom stereocenters. The van der Waals surface area contributed by atoms with Crippen molar-refractivity contribution in [2.75, 3.05) is 7.05 Å². The van der Waals surface area contributed by atoms with Crippen molar-refractivity contribution >= 4 is 5.97 Å². The first kappa shape index (κ1) is 13.4. The first-order valence-corrected chi connectivity index (χ1v) is 7.32. The van der Waals surface area contributed by atoms with Gasteiger partial charge in [-0.05, 0) is 38.8 Å². The molecule has 2 bridgehead atoms. The molecule has 0 amide bonds. The monoisotopic (exact) mass is 275 g/mol. The van der Waals surface area contributed by atoms with Gasteiger partial charge in [0.2, 0.25) is 0 Å². The summed E-state index contributed by atoms with van der Waals surface area (Å²) in [5.41, 5.74) is 0.770. The molecule has 0 saturated carbocycles. The summed E-state index contributed by atoms with van der Waals surface area (Å²) in [7, 11) is 2.21. The summed E-state index contributed by atoms with van der Waals surface area (Å²) in [6.45, 7) is 0. The maximum Gasteiger partial charge on any atom is 0.307 e. The molecule has 0 spiro atoms. The average Bonchev–Trinajstić information content (AvgIpc) is 2.63.